The van der Waals surface area contributed by atoms with Crippen molar-refractivity contribution in [2.45, 2.75) is 6.92 Å². The van der Waals surface area contributed by atoms with Crippen molar-refractivity contribution in [3.05, 3.63) is 93.1 Å². The summed E-state index contributed by atoms with van der Waals surface area (Å²) < 4.78 is 1.01. The minimum Gasteiger partial charge on any atom is -0.322 e. The van der Waals surface area contributed by atoms with Gasteiger partial charge in [-0.1, -0.05) is 24.3 Å². The van der Waals surface area contributed by atoms with Crippen molar-refractivity contribution >= 4 is 45.8 Å². The van der Waals surface area contributed by atoms with Crippen molar-refractivity contribution in [3.63, 3.8) is 0 Å². The summed E-state index contributed by atoms with van der Waals surface area (Å²) in [6, 6.07) is 21.8. The molecule has 26 heavy (non-hydrogen) atoms. The molecule has 0 saturated heterocycles. The second-order valence-electron chi connectivity index (χ2n) is 5.81. The third-order valence-corrected chi connectivity index (χ3v) is 4.53. The molecule has 0 aliphatic carbocycles. The predicted octanol–water partition coefficient (Wildman–Crippen LogP) is 5.10. The molecule has 0 aliphatic heterocycles. The number of rotatable bonds is 4. The van der Waals surface area contributed by atoms with Gasteiger partial charge in [0.2, 0.25) is 0 Å². The number of carbonyl (C=O) groups is 2. The summed E-state index contributed by atoms with van der Waals surface area (Å²) in [5.74, 6) is -0.326. The Kier molecular flexibility index (Phi) is 5.68. The third kappa shape index (κ3) is 4.49. The first-order chi connectivity index (χ1) is 12.5. The van der Waals surface area contributed by atoms with Gasteiger partial charge in [-0.25, -0.2) is 0 Å². The Hall–Kier alpha value is -2.67. The highest BCUT2D eigenvalue weighted by atomic mass is 127. The van der Waals surface area contributed by atoms with Crippen LogP contribution >= 0.6 is 22.6 Å². The quantitative estimate of drug-likeness (QED) is 0.537. The number of benzene rings is 3. The number of nitrogens with one attached hydrogen (secondary N) is 2. The molecule has 0 unspecified atom stereocenters. The SMILES string of the molecule is Cc1cc(NC(=O)c2cccc(I)c2)ccc1NC(=O)c1ccccc1. The smallest absolute Gasteiger partial charge is 0.255 e. The molecular weight excluding hydrogens is 439 g/mol. The molecule has 5 heteroatoms. The number of hydrogen-bond acceptors (Lipinski definition) is 2. The number of halogens is 1. The summed E-state index contributed by atoms with van der Waals surface area (Å²) in [6.45, 7) is 1.89. The lowest BCUT2D eigenvalue weighted by atomic mass is 10.1. The molecule has 3 rings (SSSR count). The van der Waals surface area contributed by atoms with Crippen LogP contribution in [0.4, 0.5) is 11.4 Å². The highest BCUT2D eigenvalue weighted by molar-refractivity contribution is 14.1. The standard InChI is InChI=1S/C21H17IN2O2/c1-14-12-18(23-21(26)16-8-5-9-17(22)13-16)10-11-19(14)24-20(25)15-6-3-2-4-7-15/h2-13H,1H3,(H,23,26)(H,24,25). The largest absolute Gasteiger partial charge is 0.322 e. The van der Waals surface area contributed by atoms with Crippen molar-refractivity contribution < 1.29 is 9.59 Å². The van der Waals surface area contributed by atoms with E-state index in [2.05, 4.69) is 33.2 Å². The van der Waals surface area contributed by atoms with Crippen molar-refractivity contribution in [1.29, 1.82) is 0 Å². The minimum atomic E-state index is -0.163. The Bertz CT molecular complexity index is 955. The molecule has 0 aromatic heterocycles. The van der Waals surface area contributed by atoms with E-state index in [0.717, 1.165) is 9.13 Å². The lowest BCUT2D eigenvalue weighted by Gasteiger charge is -2.11. The maximum Gasteiger partial charge on any atom is 0.255 e. The van der Waals surface area contributed by atoms with E-state index in [1.807, 2.05) is 49.4 Å². The Morgan fingerprint density at radius 2 is 1.46 bits per heavy atom. The highest BCUT2D eigenvalue weighted by Crippen LogP contribution is 2.21. The summed E-state index contributed by atoms with van der Waals surface area (Å²) >= 11 is 2.18. The first kappa shape index (κ1) is 18.1. The molecular formula is C21H17IN2O2. The fourth-order valence-corrected chi connectivity index (χ4v) is 3.04. The molecule has 0 atom stereocenters. The molecule has 0 spiro atoms. The lowest BCUT2D eigenvalue weighted by molar-refractivity contribution is 0.101. The van der Waals surface area contributed by atoms with Gasteiger partial charge in [-0.05, 0) is 83.6 Å². The topological polar surface area (TPSA) is 58.2 Å². The molecule has 0 aliphatic rings. The van der Waals surface area contributed by atoms with Crippen LogP contribution in [0.5, 0.6) is 0 Å². The molecule has 3 aromatic carbocycles. The highest BCUT2D eigenvalue weighted by Gasteiger charge is 2.10. The van der Waals surface area contributed by atoms with Gasteiger partial charge in [-0.3, -0.25) is 9.59 Å². The van der Waals surface area contributed by atoms with Crippen LogP contribution in [0.1, 0.15) is 26.3 Å². The molecule has 2 N–H and O–H groups in total. The molecule has 0 heterocycles. The summed E-state index contributed by atoms with van der Waals surface area (Å²) in [4.78, 5) is 24.6. The van der Waals surface area contributed by atoms with Crippen molar-refractivity contribution in [1.82, 2.24) is 0 Å². The maximum atomic E-state index is 12.3. The molecule has 0 bridgehead atoms. The minimum absolute atomic E-state index is 0.163. The monoisotopic (exact) mass is 456 g/mol. The van der Waals surface area contributed by atoms with E-state index >= 15 is 0 Å². The summed E-state index contributed by atoms with van der Waals surface area (Å²) in [5, 5.41) is 5.78. The van der Waals surface area contributed by atoms with Gasteiger partial charge < -0.3 is 10.6 Å². The van der Waals surface area contributed by atoms with Gasteiger partial charge in [0.1, 0.15) is 0 Å². The van der Waals surface area contributed by atoms with Crippen LogP contribution in [0.2, 0.25) is 0 Å². The lowest BCUT2D eigenvalue weighted by Crippen LogP contribution is -2.14. The predicted molar refractivity (Wildman–Crippen MR) is 113 cm³/mol. The van der Waals surface area contributed by atoms with Crippen LogP contribution in [-0.2, 0) is 0 Å². The fraction of sp³-hybridized carbons (Fsp3) is 0.0476. The maximum absolute atomic E-state index is 12.3. The second-order valence-corrected chi connectivity index (χ2v) is 7.06. The van der Waals surface area contributed by atoms with E-state index in [4.69, 9.17) is 0 Å². The van der Waals surface area contributed by atoms with E-state index < -0.39 is 0 Å². The van der Waals surface area contributed by atoms with Gasteiger partial charge in [-0.15, -0.1) is 0 Å². The summed E-state index contributed by atoms with van der Waals surface area (Å²) in [5.41, 5.74) is 3.48. The van der Waals surface area contributed by atoms with E-state index in [9.17, 15) is 9.59 Å². The van der Waals surface area contributed by atoms with Crippen LogP contribution in [-0.4, -0.2) is 11.8 Å². The van der Waals surface area contributed by atoms with Crippen LogP contribution in [0, 0.1) is 10.5 Å². The third-order valence-electron chi connectivity index (χ3n) is 3.86. The number of carbonyl (C=O) groups excluding carboxylic acids is 2. The van der Waals surface area contributed by atoms with E-state index in [-0.39, 0.29) is 11.8 Å². The molecule has 130 valence electrons. The first-order valence-corrected chi connectivity index (χ1v) is 9.15. The normalized spacial score (nSPS) is 10.2. The van der Waals surface area contributed by atoms with Crippen molar-refractivity contribution in [3.8, 4) is 0 Å². The Balaban J connectivity index is 1.71. The van der Waals surface area contributed by atoms with Crippen molar-refractivity contribution in [2.24, 2.45) is 0 Å². The van der Waals surface area contributed by atoms with Gasteiger partial charge in [0.15, 0.2) is 0 Å². The summed E-state index contributed by atoms with van der Waals surface area (Å²) in [6.07, 6.45) is 0. The zero-order valence-electron chi connectivity index (χ0n) is 14.1. The molecule has 0 radical (unpaired) electrons. The Morgan fingerprint density at radius 3 is 2.15 bits per heavy atom. The number of aryl methyl sites for hydroxylation is 1. The second kappa shape index (κ2) is 8.14. The average molecular weight is 456 g/mol. The van der Waals surface area contributed by atoms with Gasteiger partial charge in [0.25, 0.3) is 11.8 Å². The van der Waals surface area contributed by atoms with Crippen LogP contribution in [0.15, 0.2) is 72.8 Å². The molecule has 4 nitrogen and oxygen atoms in total. The number of amides is 2. The van der Waals surface area contributed by atoms with E-state index in [1.165, 1.54) is 0 Å². The van der Waals surface area contributed by atoms with Crippen LogP contribution in [0.25, 0.3) is 0 Å². The molecule has 0 fully saturated rings. The first-order valence-electron chi connectivity index (χ1n) is 8.07. The van der Waals surface area contributed by atoms with Crippen molar-refractivity contribution in [2.75, 3.05) is 10.6 Å². The zero-order chi connectivity index (χ0) is 18.5. The number of hydrogen-bond donors (Lipinski definition) is 2. The van der Waals surface area contributed by atoms with Gasteiger partial charge in [0, 0.05) is 26.1 Å². The van der Waals surface area contributed by atoms with Gasteiger partial charge in [0.05, 0.1) is 0 Å². The molecule has 3 aromatic rings. The average Bonchev–Trinajstić information content (AvgIpc) is 2.64. The Morgan fingerprint density at radius 1 is 0.769 bits per heavy atom. The van der Waals surface area contributed by atoms with Gasteiger partial charge in [-0.2, -0.15) is 0 Å². The molecule has 0 saturated carbocycles. The zero-order valence-corrected chi connectivity index (χ0v) is 16.3. The Labute approximate surface area is 165 Å². The van der Waals surface area contributed by atoms with E-state index in [0.29, 0.717) is 22.5 Å². The molecule has 2 amide bonds. The van der Waals surface area contributed by atoms with Crippen LogP contribution in [0.3, 0.4) is 0 Å². The fourth-order valence-electron chi connectivity index (χ4n) is 2.50. The van der Waals surface area contributed by atoms with Crippen LogP contribution < -0.4 is 10.6 Å². The van der Waals surface area contributed by atoms with Gasteiger partial charge >= 0.3 is 0 Å². The van der Waals surface area contributed by atoms with E-state index in [1.54, 1.807) is 30.3 Å². The number of anilines is 2. The summed E-state index contributed by atoms with van der Waals surface area (Å²) in [7, 11) is 0.